The molecule has 5 fully saturated rings. The molecule has 2 saturated heterocycles. The summed E-state index contributed by atoms with van der Waals surface area (Å²) in [4.78, 5) is 39.8. The molecule has 5 aliphatic rings. The number of Topliss-reactive ketones (excluding diaryl/α,β-unsaturated/α-hetero) is 1. The highest BCUT2D eigenvalue weighted by atomic mass is 16.6. The third-order valence-electron chi connectivity index (χ3n) is 10.3. The van der Waals surface area contributed by atoms with Crippen LogP contribution in [0.5, 0.6) is 0 Å². The average Bonchev–Trinajstić information content (AvgIpc) is 3.01. The standard InChI is InChI=1S/C25H34O11/c1-6-9(2)20(31)35-14-12-10(3)7-11(26)16(28)22(12,4)15-13(27)17(29)23(5)25(33)18(30)21(32)36-19(14)24(15,25)8-34-23/h6,10-15,17-19,26-27,29-30,33H,7-8H2,1-5H3. The molecule has 0 aromatic carbocycles. The van der Waals surface area contributed by atoms with Gasteiger partial charge in [-0.1, -0.05) is 19.9 Å². The largest absolute Gasteiger partial charge is 0.456 e. The summed E-state index contributed by atoms with van der Waals surface area (Å²) in [5.74, 6) is -5.21. The molecule has 13 unspecified atom stereocenters. The first kappa shape index (κ1) is 25.7. The third kappa shape index (κ3) is 2.52. The molecule has 0 amide bonds. The molecule has 0 aromatic heterocycles. The molecule has 2 bridgehead atoms. The van der Waals surface area contributed by atoms with E-state index in [9.17, 15) is 39.9 Å². The first-order valence-corrected chi connectivity index (χ1v) is 12.3. The molecule has 2 aliphatic heterocycles. The average molecular weight is 511 g/mol. The minimum atomic E-state index is -2.51. The Morgan fingerprint density at radius 1 is 1.17 bits per heavy atom. The highest BCUT2D eigenvalue weighted by molar-refractivity contribution is 5.92. The van der Waals surface area contributed by atoms with Crippen molar-refractivity contribution in [2.24, 2.45) is 28.6 Å². The van der Waals surface area contributed by atoms with E-state index in [0.717, 1.165) is 0 Å². The van der Waals surface area contributed by atoms with Crippen LogP contribution >= 0.6 is 0 Å². The van der Waals surface area contributed by atoms with Gasteiger partial charge in [0.15, 0.2) is 18.0 Å². The van der Waals surface area contributed by atoms with Crippen LogP contribution in [0.1, 0.15) is 41.0 Å². The zero-order valence-electron chi connectivity index (χ0n) is 20.9. The Kier molecular flexibility index (Phi) is 5.42. The normalized spacial score (nSPS) is 55.9. The number of carbonyl (C=O) groups is 3. The second-order valence-electron chi connectivity index (χ2n) is 11.6. The molecule has 5 rings (SSSR count). The maximum Gasteiger partial charge on any atom is 0.338 e. The Bertz CT molecular complexity index is 1060. The summed E-state index contributed by atoms with van der Waals surface area (Å²) in [5.41, 5.74) is -7.77. The molecular weight excluding hydrogens is 476 g/mol. The molecule has 2 heterocycles. The van der Waals surface area contributed by atoms with Crippen LogP contribution in [0.4, 0.5) is 0 Å². The Labute approximate surface area is 208 Å². The van der Waals surface area contributed by atoms with Crippen molar-refractivity contribution in [3.8, 4) is 0 Å². The fraction of sp³-hybridized carbons (Fsp3) is 0.800. The summed E-state index contributed by atoms with van der Waals surface area (Å²) < 4.78 is 17.5. The third-order valence-corrected chi connectivity index (χ3v) is 10.3. The SMILES string of the molecule is CC=C(C)C(=O)OC1C2C(C)CC(O)C(=O)C2(C)C2C(O)C(O)C3(C)OCC24C1OC(=O)C(O)C34O. The summed E-state index contributed by atoms with van der Waals surface area (Å²) >= 11 is 0. The molecule has 36 heavy (non-hydrogen) atoms. The van der Waals surface area contributed by atoms with Crippen molar-refractivity contribution in [1.29, 1.82) is 0 Å². The number of allylic oxidation sites excluding steroid dienone is 1. The molecule has 11 heteroatoms. The van der Waals surface area contributed by atoms with Crippen LogP contribution in [0.2, 0.25) is 0 Å². The monoisotopic (exact) mass is 510 g/mol. The number of hydrogen-bond acceptors (Lipinski definition) is 11. The predicted molar refractivity (Wildman–Crippen MR) is 119 cm³/mol. The van der Waals surface area contributed by atoms with Crippen molar-refractivity contribution in [3.63, 3.8) is 0 Å². The van der Waals surface area contributed by atoms with Crippen molar-refractivity contribution in [2.75, 3.05) is 6.61 Å². The number of esters is 2. The predicted octanol–water partition coefficient (Wildman–Crippen LogP) is -1.39. The fourth-order valence-electron chi connectivity index (χ4n) is 8.52. The minimum absolute atomic E-state index is 0.0376. The van der Waals surface area contributed by atoms with E-state index >= 15 is 0 Å². The lowest BCUT2D eigenvalue weighted by atomic mass is 9.35. The second kappa shape index (κ2) is 7.58. The molecule has 0 aromatic rings. The van der Waals surface area contributed by atoms with Gasteiger partial charge in [-0.05, 0) is 33.1 Å². The Morgan fingerprint density at radius 3 is 2.42 bits per heavy atom. The first-order valence-electron chi connectivity index (χ1n) is 12.3. The topological polar surface area (TPSA) is 180 Å². The van der Waals surface area contributed by atoms with Crippen molar-refractivity contribution in [2.45, 2.75) is 88.9 Å². The van der Waals surface area contributed by atoms with E-state index in [4.69, 9.17) is 14.2 Å². The van der Waals surface area contributed by atoms with Crippen molar-refractivity contribution in [1.82, 2.24) is 0 Å². The number of ketones is 1. The lowest BCUT2D eigenvalue weighted by Crippen LogP contribution is -2.88. The Hall–Kier alpha value is -1.89. The van der Waals surface area contributed by atoms with E-state index in [1.54, 1.807) is 13.8 Å². The van der Waals surface area contributed by atoms with Crippen LogP contribution < -0.4 is 0 Å². The molecule has 0 radical (unpaired) electrons. The highest BCUT2D eigenvalue weighted by Crippen LogP contribution is 2.73. The number of rotatable bonds is 2. The van der Waals surface area contributed by atoms with Crippen molar-refractivity contribution >= 4 is 17.7 Å². The highest BCUT2D eigenvalue weighted by Gasteiger charge is 2.90. The fourth-order valence-corrected chi connectivity index (χ4v) is 8.52. The van der Waals surface area contributed by atoms with Gasteiger partial charge in [0.05, 0.1) is 18.1 Å². The smallest absolute Gasteiger partial charge is 0.338 e. The maximum absolute atomic E-state index is 13.8. The van der Waals surface area contributed by atoms with Gasteiger partial charge in [-0.3, -0.25) is 4.79 Å². The van der Waals surface area contributed by atoms with Gasteiger partial charge in [-0.15, -0.1) is 0 Å². The van der Waals surface area contributed by atoms with Gasteiger partial charge in [-0.25, -0.2) is 9.59 Å². The molecule has 3 saturated carbocycles. The summed E-state index contributed by atoms with van der Waals surface area (Å²) in [6, 6.07) is 0. The van der Waals surface area contributed by atoms with Gasteiger partial charge in [0, 0.05) is 22.8 Å². The van der Waals surface area contributed by atoms with E-state index in [2.05, 4.69) is 0 Å². The van der Waals surface area contributed by atoms with Gasteiger partial charge in [-0.2, -0.15) is 0 Å². The van der Waals surface area contributed by atoms with E-state index in [1.165, 1.54) is 26.8 Å². The van der Waals surface area contributed by atoms with Crippen LogP contribution in [0.15, 0.2) is 11.6 Å². The number of fused-ring (bicyclic) bond motifs is 2. The van der Waals surface area contributed by atoms with Gasteiger partial charge in [0.1, 0.15) is 29.5 Å². The molecular formula is C25H34O11. The number of hydrogen-bond donors (Lipinski definition) is 5. The number of aliphatic hydroxyl groups is 5. The summed E-state index contributed by atoms with van der Waals surface area (Å²) in [5, 5.41) is 56.7. The number of aliphatic hydroxyl groups excluding tert-OH is 4. The van der Waals surface area contributed by atoms with Crippen LogP contribution in [0, 0.1) is 28.6 Å². The molecule has 13 atom stereocenters. The van der Waals surface area contributed by atoms with Crippen LogP contribution in [-0.4, -0.2) is 97.7 Å². The number of ether oxygens (including phenoxy) is 3. The summed E-state index contributed by atoms with van der Waals surface area (Å²) in [6.45, 7) is 7.32. The summed E-state index contributed by atoms with van der Waals surface area (Å²) in [6.07, 6.45) is -8.17. The van der Waals surface area contributed by atoms with Gasteiger partial charge < -0.3 is 39.7 Å². The second-order valence-corrected chi connectivity index (χ2v) is 11.6. The minimum Gasteiger partial charge on any atom is -0.456 e. The van der Waals surface area contributed by atoms with Crippen LogP contribution in [0.3, 0.4) is 0 Å². The van der Waals surface area contributed by atoms with Crippen LogP contribution in [0.25, 0.3) is 0 Å². The molecule has 1 spiro atoms. The zero-order chi connectivity index (χ0) is 26.7. The molecule has 11 nitrogen and oxygen atoms in total. The molecule has 5 N–H and O–H groups in total. The van der Waals surface area contributed by atoms with E-state index in [-0.39, 0.29) is 12.0 Å². The van der Waals surface area contributed by atoms with E-state index < -0.39 is 101 Å². The van der Waals surface area contributed by atoms with Crippen LogP contribution in [-0.2, 0) is 28.6 Å². The van der Waals surface area contributed by atoms with Gasteiger partial charge >= 0.3 is 11.9 Å². The summed E-state index contributed by atoms with van der Waals surface area (Å²) in [7, 11) is 0. The van der Waals surface area contributed by atoms with Crippen molar-refractivity contribution < 1.29 is 54.1 Å². The van der Waals surface area contributed by atoms with Gasteiger partial charge in [0.25, 0.3) is 0 Å². The first-order chi connectivity index (χ1) is 16.7. The van der Waals surface area contributed by atoms with E-state index in [1.807, 2.05) is 0 Å². The Morgan fingerprint density at radius 2 is 1.81 bits per heavy atom. The molecule has 3 aliphatic carbocycles. The van der Waals surface area contributed by atoms with Crippen molar-refractivity contribution in [3.05, 3.63) is 11.6 Å². The lowest BCUT2D eigenvalue weighted by molar-refractivity contribution is -0.362. The molecule has 200 valence electrons. The quantitative estimate of drug-likeness (QED) is 0.218. The van der Waals surface area contributed by atoms with Gasteiger partial charge in [0.2, 0.25) is 0 Å². The zero-order valence-corrected chi connectivity index (χ0v) is 20.9. The maximum atomic E-state index is 13.8. The number of carbonyl (C=O) groups excluding carboxylic acids is 3. The van der Waals surface area contributed by atoms with E-state index in [0.29, 0.717) is 0 Å². The lowest BCUT2D eigenvalue weighted by Gasteiger charge is -2.71. The Balaban J connectivity index is 1.82.